The normalized spacial score (nSPS) is 9.25. The SMILES string of the molecule is COc1ccc(CCOC(=O)CC#N)cc1. The molecule has 0 radical (unpaired) electrons. The highest BCUT2D eigenvalue weighted by atomic mass is 16.5. The maximum atomic E-state index is 10.9. The Hall–Kier alpha value is -2.02. The van der Waals surface area contributed by atoms with E-state index in [1.165, 1.54) is 0 Å². The fourth-order valence-electron chi connectivity index (χ4n) is 1.19. The third kappa shape index (κ3) is 4.01. The molecule has 1 rings (SSSR count). The standard InChI is InChI=1S/C12H13NO3/c1-15-11-4-2-10(3-5-11)7-9-16-12(14)6-8-13/h2-5H,6-7,9H2,1H3. The van der Waals surface area contributed by atoms with Crippen LogP contribution in [0.5, 0.6) is 5.75 Å². The Bertz CT molecular complexity index is 378. The van der Waals surface area contributed by atoms with Crippen molar-refractivity contribution in [1.82, 2.24) is 0 Å². The lowest BCUT2D eigenvalue weighted by molar-refractivity contribution is -0.142. The summed E-state index contributed by atoms with van der Waals surface area (Å²) in [7, 11) is 1.61. The highest BCUT2D eigenvalue weighted by Gasteiger charge is 2.01. The number of nitrogens with zero attached hydrogens (tertiary/aromatic N) is 1. The quantitative estimate of drug-likeness (QED) is 0.707. The number of benzene rings is 1. The second kappa shape index (κ2) is 6.46. The molecule has 0 aliphatic carbocycles. The Labute approximate surface area is 94.4 Å². The topological polar surface area (TPSA) is 59.3 Å². The van der Waals surface area contributed by atoms with Crippen molar-refractivity contribution in [3.63, 3.8) is 0 Å². The molecule has 0 unspecified atom stereocenters. The Kier molecular flexibility index (Phi) is 4.87. The Morgan fingerprint density at radius 2 is 2.06 bits per heavy atom. The Balaban J connectivity index is 2.32. The third-order valence-electron chi connectivity index (χ3n) is 2.04. The molecule has 0 amide bonds. The van der Waals surface area contributed by atoms with Gasteiger partial charge in [-0.05, 0) is 17.7 Å². The van der Waals surface area contributed by atoms with Gasteiger partial charge in [0.15, 0.2) is 0 Å². The van der Waals surface area contributed by atoms with Crippen molar-refractivity contribution in [2.45, 2.75) is 12.8 Å². The number of carbonyl (C=O) groups excluding carboxylic acids is 1. The predicted molar refractivity (Wildman–Crippen MR) is 57.9 cm³/mol. The zero-order chi connectivity index (χ0) is 11.8. The number of esters is 1. The van der Waals surface area contributed by atoms with Crippen LogP contribution in [0, 0.1) is 11.3 Å². The first-order chi connectivity index (χ1) is 7.76. The van der Waals surface area contributed by atoms with Crippen molar-refractivity contribution in [1.29, 1.82) is 5.26 Å². The van der Waals surface area contributed by atoms with E-state index in [0.717, 1.165) is 11.3 Å². The van der Waals surface area contributed by atoms with Gasteiger partial charge in [-0.3, -0.25) is 4.79 Å². The summed E-state index contributed by atoms with van der Waals surface area (Å²) >= 11 is 0. The molecule has 4 heteroatoms. The summed E-state index contributed by atoms with van der Waals surface area (Å²) in [5, 5.41) is 8.25. The first kappa shape index (κ1) is 12.1. The lowest BCUT2D eigenvalue weighted by atomic mass is 10.1. The molecule has 0 aliphatic heterocycles. The van der Waals surface area contributed by atoms with Gasteiger partial charge >= 0.3 is 5.97 Å². The van der Waals surface area contributed by atoms with E-state index in [-0.39, 0.29) is 6.42 Å². The van der Waals surface area contributed by atoms with Gasteiger partial charge in [-0.2, -0.15) is 5.26 Å². The van der Waals surface area contributed by atoms with Crippen molar-refractivity contribution >= 4 is 5.97 Å². The molecule has 0 fully saturated rings. The summed E-state index contributed by atoms with van der Waals surface area (Å²) in [4.78, 5) is 10.9. The van der Waals surface area contributed by atoms with Gasteiger partial charge < -0.3 is 9.47 Å². The minimum absolute atomic E-state index is 0.192. The van der Waals surface area contributed by atoms with Crippen molar-refractivity contribution in [3.8, 4) is 11.8 Å². The van der Waals surface area contributed by atoms with E-state index in [9.17, 15) is 4.79 Å². The lowest BCUT2D eigenvalue weighted by Crippen LogP contribution is -2.06. The monoisotopic (exact) mass is 219 g/mol. The van der Waals surface area contributed by atoms with E-state index in [1.54, 1.807) is 13.2 Å². The van der Waals surface area contributed by atoms with Gasteiger partial charge in [0, 0.05) is 6.42 Å². The molecule has 0 heterocycles. The molecular weight excluding hydrogens is 206 g/mol. The first-order valence-corrected chi connectivity index (χ1v) is 4.91. The van der Waals surface area contributed by atoms with Gasteiger partial charge in [-0.1, -0.05) is 12.1 Å². The van der Waals surface area contributed by atoms with Crippen molar-refractivity contribution < 1.29 is 14.3 Å². The minimum atomic E-state index is -0.476. The molecule has 0 N–H and O–H groups in total. The Morgan fingerprint density at radius 1 is 1.38 bits per heavy atom. The molecule has 1 aromatic carbocycles. The van der Waals surface area contributed by atoms with E-state index in [1.807, 2.05) is 24.3 Å². The highest BCUT2D eigenvalue weighted by molar-refractivity contribution is 5.71. The van der Waals surface area contributed by atoms with Gasteiger partial charge in [0.1, 0.15) is 12.2 Å². The van der Waals surface area contributed by atoms with Crippen LogP contribution in [0.3, 0.4) is 0 Å². The zero-order valence-corrected chi connectivity index (χ0v) is 9.10. The van der Waals surface area contributed by atoms with Crippen LogP contribution in [0.15, 0.2) is 24.3 Å². The first-order valence-electron chi connectivity index (χ1n) is 4.91. The molecule has 0 aliphatic rings. The smallest absolute Gasteiger partial charge is 0.320 e. The molecule has 0 spiro atoms. The van der Waals surface area contributed by atoms with Gasteiger partial charge in [-0.25, -0.2) is 0 Å². The minimum Gasteiger partial charge on any atom is -0.497 e. The maximum absolute atomic E-state index is 10.9. The van der Waals surface area contributed by atoms with Crippen LogP contribution in [0.2, 0.25) is 0 Å². The van der Waals surface area contributed by atoms with Crippen molar-refractivity contribution in [3.05, 3.63) is 29.8 Å². The van der Waals surface area contributed by atoms with Gasteiger partial charge in [0.2, 0.25) is 0 Å². The van der Waals surface area contributed by atoms with Crippen LogP contribution < -0.4 is 4.74 Å². The Morgan fingerprint density at radius 3 is 2.62 bits per heavy atom. The molecule has 16 heavy (non-hydrogen) atoms. The molecule has 4 nitrogen and oxygen atoms in total. The summed E-state index contributed by atoms with van der Waals surface area (Å²) in [6.45, 7) is 0.298. The summed E-state index contributed by atoms with van der Waals surface area (Å²) in [5.74, 6) is 0.321. The van der Waals surface area contributed by atoms with Gasteiger partial charge in [0.05, 0.1) is 19.8 Å². The van der Waals surface area contributed by atoms with E-state index in [2.05, 4.69) is 0 Å². The van der Waals surface area contributed by atoms with Crippen LogP contribution in [0.1, 0.15) is 12.0 Å². The predicted octanol–water partition coefficient (Wildman–Crippen LogP) is 1.69. The number of hydrogen-bond donors (Lipinski definition) is 0. The second-order valence-corrected chi connectivity index (χ2v) is 3.15. The van der Waals surface area contributed by atoms with Crippen LogP contribution in [-0.2, 0) is 16.0 Å². The van der Waals surface area contributed by atoms with Crippen molar-refractivity contribution in [2.24, 2.45) is 0 Å². The second-order valence-electron chi connectivity index (χ2n) is 3.15. The zero-order valence-electron chi connectivity index (χ0n) is 9.10. The average molecular weight is 219 g/mol. The molecule has 0 saturated carbocycles. The van der Waals surface area contributed by atoms with E-state index in [0.29, 0.717) is 13.0 Å². The number of carbonyl (C=O) groups is 1. The molecule has 1 aromatic rings. The number of ether oxygens (including phenoxy) is 2. The number of hydrogen-bond acceptors (Lipinski definition) is 4. The van der Waals surface area contributed by atoms with E-state index >= 15 is 0 Å². The summed E-state index contributed by atoms with van der Waals surface area (Å²) < 4.78 is 9.87. The fraction of sp³-hybridized carbons (Fsp3) is 0.333. The molecular formula is C12H13NO3. The highest BCUT2D eigenvalue weighted by Crippen LogP contribution is 2.11. The van der Waals surface area contributed by atoms with Gasteiger partial charge in [0.25, 0.3) is 0 Å². The largest absolute Gasteiger partial charge is 0.497 e. The maximum Gasteiger partial charge on any atom is 0.320 e. The number of rotatable bonds is 5. The molecule has 0 bridgehead atoms. The average Bonchev–Trinajstić information content (AvgIpc) is 2.30. The van der Waals surface area contributed by atoms with Crippen LogP contribution in [-0.4, -0.2) is 19.7 Å². The lowest BCUT2D eigenvalue weighted by Gasteiger charge is -2.04. The summed E-state index contributed by atoms with van der Waals surface area (Å²) in [6.07, 6.45) is 0.448. The third-order valence-corrected chi connectivity index (χ3v) is 2.04. The molecule has 0 saturated heterocycles. The number of nitriles is 1. The summed E-state index contributed by atoms with van der Waals surface area (Å²) in [5.41, 5.74) is 1.06. The van der Waals surface area contributed by atoms with Gasteiger partial charge in [-0.15, -0.1) is 0 Å². The molecule has 0 atom stereocenters. The van der Waals surface area contributed by atoms with Crippen LogP contribution in [0.25, 0.3) is 0 Å². The number of methoxy groups -OCH3 is 1. The summed E-state index contributed by atoms with van der Waals surface area (Å²) in [6, 6.07) is 9.27. The van der Waals surface area contributed by atoms with Crippen LogP contribution in [0.4, 0.5) is 0 Å². The van der Waals surface area contributed by atoms with E-state index in [4.69, 9.17) is 14.7 Å². The molecule has 0 aromatic heterocycles. The fourth-order valence-corrected chi connectivity index (χ4v) is 1.19. The van der Waals surface area contributed by atoms with Crippen molar-refractivity contribution in [2.75, 3.05) is 13.7 Å². The van der Waals surface area contributed by atoms with E-state index < -0.39 is 5.97 Å². The molecule has 84 valence electrons. The van der Waals surface area contributed by atoms with Crippen LogP contribution >= 0.6 is 0 Å².